The van der Waals surface area contributed by atoms with Crippen molar-refractivity contribution >= 4 is 5.69 Å². The number of halogens is 1. The van der Waals surface area contributed by atoms with E-state index in [0.717, 1.165) is 11.1 Å². The third-order valence-electron chi connectivity index (χ3n) is 5.25. The van der Waals surface area contributed by atoms with Crippen molar-refractivity contribution in [2.45, 2.75) is 13.2 Å². The molecule has 5 nitrogen and oxygen atoms in total. The van der Waals surface area contributed by atoms with Gasteiger partial charge in [0.15, 0.2) is 5.75 Å². The van der Waals surface area contributed by atoms with E-state index in [9.17, 15) is 4.39 Å². The Bertz CT molecular complexity index is 1200. The minimum atomic E-state index is -0.356. The molecule has 0 unspecified atom stereocenters. The molecule has 4 aromatic rings. The van der Waals surface area contributed by atoms with Gasteiger partial charge < -0.3 is 24.3 Å². The number of hydrogen-bond acceptors (Lipinski definition) is 5. The summed E-state index contributed by atoms with van der Waals surface area (Å²) in [7, 11) is 1.61. The Hall–Kier alpha value is -4.03. The van der Waals surface area contributed by atoms with Crippen LogP contribution in [0.5, 0.6) is 23.0 Å². The van der Waals surface area contributed by atoms with Gasteiger partial charge in [-0.15, -0.1) is 0 Å². The summed E-state index contributed by atoms with van der Waals surface area (Å²) in [5.74, 6) is 2.24. The Morgan fingerprint density at radius 2 is 1.49 bits per heavy atom. The number of anilines is 1. The zero-order valence-electron chi connectivity index (χ0n) is 19.6. The van der Waals surface area contributed by atoms with Crippen LogP contribution < -0.4 is 19.5 Å². The number of ether oxygens (including phenoxy) is 4. The zero-order chi connectivity index (χ0) is 24.3. The lowest BCUT2D eigenvalue weighted by Gasteiger charge is -2.16. The third-order valence-corrected chi connectivity index (χ3v) is 5.25. The first-order valence-corrected chi connectivity index (χ1v) is 11.4. The van der Waals surface area contributed by atoms with Gasteiger partial charge in [-0.2, -0.15) is 0 Å². The summed E-state index contributed by atoms with van der Waals surface area (Å²) in [6, 6.07) is 29.4. The molecule has 0 atom stereocenters. The van der Waals surface area contributed by atoms with Gasteiger partial charge in [-0.25, -0.2) is 4.39 Å². The Morgan fingerprint density at radius 1 is 0.743 bits per heavy atom. The van der Waals surface area contributed by atoms with Crippen LogP contribution in [0.25, 0.3) is 0 Å². The molecule has 1 N–H and O–H groups in total. The fourth-order valence-corrected chi connectivity index (χ4v) is 3.47. The van der Waals surface area contributed by atoms with Crippen molar-refractivity contribution in [3.05, 3.63) is 114 Å². The van der Waals surface area contributed by atoms with Crippen LogP contribution in [0.1, 0.15) is 11.1 Å². The van der Waals surface area contributed by atoms with Gasteiger partial charge in [0, 0.05) is 18.2 Å². The first-order valence-electron chi connectivity index (χ1n) is 11.4. The summed E-state index contributed by atoms with van der Waals surface area (Å²) in [4.78, 5) is 0. The van der Waals surface area contributed by atoms with Gasteiger partial charge in [0.1, 0.15) is 29.7 Å². The van der Waals surface area contributed by atoms with Gasteiger partial charge >= 0.3 is 0 Å². The van der Waals surface area contributed by atoms with Crippen molar-refractivity contribution in [3.8, 4) is 23.0 Å². The van der Waals surface area contributed by atoms with Gasteiger partial charge in [0.25, 0.3) is 0 Å². The molecule has 0 radical (unpaired) electrons. The molecule has 0 aromatic heterocycles. The summed E-state index contributed by atoms with van der Waals surface area (Å²) in [5.41, 5.74) is 2.52. The van der Waals surface area contributed by atoms with Gasteiger partial charge in [0.05, 0.1) is 26.0 Å². The molecule has 0 aliphatic carbocycles. The van der Waals surface area contributed by atoms with Crippen LogP contribution in [-0.2, 0) is 17.9 Å². The van der Waals surface area contributed by atoms with E-state index in [-0.39, 0.29) is 5.82 Å². The van der Waals surface area contributed by atoms with E-state index in [1.165, 1.54) is 12.1 Å². The highest BCUT2D eigenvalue weighted by Gasteiger charge is 2.11. The number of methoxy groups -OCH3 is 1. The maximum atomic E-state index is 14.0. The van der Waals surface area contributed by atoms with Crippen molar-refractivity contribution in [3.63, 3.8) is 0 Å². The Morgan fingerprint density at radius 3 is 2.26 bits per heavy atom. The van der Waals surface area contributed by atoms with E-state index in [1.54, 1.807) is 13.2 Å². The normalized spacial score (nSPS) is 10.6. The molecule has 0 amide bonds. The second-order valence-corrected chi connectivity index (χ2v) is 7.77. The number of para-hydroxylation sites is 1. The standard InChI is InChI=1S/C29H28FNO4/c1-32-26-13-15-28(34-17-16-33-21-22-8-4-2-5-9-22)23(18-26)20-31-27-19-24(30)12-14-29(27)35-25-10-6-3-7-11-25/h2-15,18-19,31H,16-17,20-21H2,1H3. The molecule has 0 spiro atoms. The van der Waals surface area contributed by atoms with Crippen LogP contribution in [0.3, 0.4) is 0 Å². The van der Waals surface area contributed by atoms with Crippen LogP contribution in [0.4, 0.5) is 10.1 Å². The molecule has 0 bridgehead atoms. The highest BCUT2D eigenvalue weighted by molar-refractivity contribution is 5.58. The highest BCUT2D eigenvalue weighted by Crippen LogP contribution is 2.32. The monoisotopic (exact) mass is 473 g/mol. The smallest absolute Gasteiger partial charge is 0.150 e. The van der Waals surface area contributed by atoms with Gasteiger partial charge in [-0.05, 0) is 48.0 Å². The quantitative estimate of drug-likeness (QED) is 0.229. The van der Waals surface area contributed by atoms with E-state index in [2.05, 4.69) is 5.32 Å². The van der Waals surface area contributed by atoms with Crippen molar-refractivity contribution < 1.29 is 23.3 Å². The summed E-state index contributed by atoms with van der Waals surface area (Å²) in [6.45, 7) is 1.76. The van der Waals surface area contributed by atoms with Crippen LogP contribution in [-0.4, -0.2) is 20.3 Å². The molecule has 35 heavy (non-hydrogen) atoms. The van der Waals surface area contributed by atoms with Crippen LogP contribution in [0, 0.1) is 5.82 Å². The number of nitrogens with one attached hydrogen (secondary N) is 1. The first-order chi connectivity index (χ1) is 17.2. The Balaban J connectivity index is 1.40. The topological polar surface area (TPSA) is 49.0 Å². The molecule has 0 fully saturated rings. The predicted molar refractivity (Wildman–Crippen MR) is 135 cm³/mol. The van der Waals surface area contributed by atoms with Crippen molar-refractivity contribution in [2.75, 3.05) is 25.6 Å². The SMILES string of the molecule is COc1ccc(OCCOCc2ccccc2)c(CNc2cc(F)ccc2Oc2ccccc2)c1. The fraction of sp³-hybridized carbons (Fsp3) is 0.172. The lowest BCUT2D eigenvalue weighted by atomic mass is 10.1. The predicted octanol–water partition coefficient (Wildman–Crippen LogP) is 6.83. The van der Waals surface area contributed by atoms with E-state index >= 15 is 0 Å². The Labute approximate surface area is 205 Å². The average molecular weight is 474 g/mol. The molecule has 4 rings (SSSR count). The highest BCUT2D eigenvalue weighted by atomic mass is 19.1. The van der Waals surface area contributed by atoms with E-state index in [4.69, 9.17) is 18.9 Å². The summed E-state index contributed by atoms with van der Waals surface area (Å²) in [6.07, 6.45) is 0. The van der Waals surface area contributed by atoms with Crippen LogP contribution in [0.2, 0.25) is 0 Å². The van der Waals surface area contributed by atoms with Crippen LogP contribution in [0.15, 0.2) is 97.1 Å². The van der Waals surface area contributed by atoms with Crippen molar-refractivity contribution in [1.29, 1.82) is 0 Å². The molecule has 0 aliphatic rings. The lowest BCUT2D eigenvalue weighted by Crippen LogP contribution is -2.09. The molecular weight excluding hydrogens is 445 g/mol. The third kappa shape index (κ3) is 7.22. The molecule has 0 saturated carbocycles. The van der Waals surface area contributed by atoms with Crippen molar-refractivity contribution in [1.82, 2.24) is 0 Å². The Kier molecular flexibility index (Phi) is 8.57. The lowest BCUT2D eigenvalue weighted by molar-refractivity contribution is 0.0886. The summed E-state index contributed by atoms with van der Waals surface area (Å²) in [5, 5.41) is 3.27. The molecule has 4 aromatic carbocycles. The number of rotatable bonds is 12. The molecule has 6 heteroatoms. The van der Waals surface area contributed by atoms with Gasteiger partial charge in [-0.3, -0.25) is 0 Å². The zero-order valence-corrected chi connectivity index (χ0v) is 19.6. The molecule has 0 heterocycles. The van der Waals surface area contributed by atoms with Gasteiger partial charge in [0.2, 0.25) is 0 Å². The maximum Gasteiger partial charge on any atom is 0.150 e. The number of benzene rings is 4. The second-order valence-electron chi connectivity index (χ2n) is 7.77. The first kappa shape index (κ1) is 24.1. The van der Waals surface area contributed by atoms with Crippen LogP contribution >= 0.6 is 0 Å². The molecular formula is C29H28FNO4. The molecule has 0 saturated heterocycles. The summed E-state index contributed by atoms with van der Waals surface area (Å²) < 4.78 is 37.1. The average Bonchev–Trinajstić information content (AvgIpc) is 2.90. The van der Waals surface area contributed by atoms with E-state index < -0.39 is 0 Å². The minimum Gasteiger partial charge on any atom is -0.497 e. The molecule has 0 aliphatic heterocycles. The molecule has 180 valence electrons. The maximum absolute atomic E-state index is 14.0. The summed E-state index contributed by atoms with van der Waals surface area (Å²) >= 11 is 0. The second kappa shape index (κ2) is 12.4. The van der Waals surface area contributed by atoms with E-state index in [0.29, 0.717) is 55.1 Å². The fourth-order valence-electron chi connectivity index (χ4n) is 3.47. The number of hydrogen-bond donors (Lipinski definition) is 1. The van der Waals surface area contributed by atoms with Gasteiger partial charge in [-0.1, -0.05) is 48.5 Å². The van der Waals surface area contributed by atoms with E-state index in [1.807, 2.05) is 78.9 Å². The van der Waals surface area contributed by atoms with Crippen molar-refractivity contribution in [2.24, 2.45) is 0 Å². The minimum absolute atomic E-state index is 0.356. The largest absolute Gasteiger partial charge is 0.497 e.